The van der Waals surface area contributed by atoms with Crippen molar-refractivity contribution in [2.24, 2.45) is 0 Å². The zero-order chi connectivity index (χ0) is 15.0. The van der Waals surface area contributed by atoms with E-state index in [0.29, 0.717) is 32.7 Å². The third kappa shape index (κ3) is 3.03. The number of hydrogen-bond donors (Lipinski definition) is 1. The van der Waals surface area contributed by atoms with Crippen LogP contribution in [-0.4, -0.2) is 26.4 Å². The van der Waals surface area contributed by atoms with Crippen LogP contribution in [0.2, 0.25) is 5.02 Å². The van der Waals surface area contributed by atoms with E-state index in [4.69, 9.17) is 21.9 Å². The predicted molar refractivity (Wildman–Crippen MR) is 90.9 cm³/mol. The maximum atomic E-state index is 6.18. The summed E-state index contributed by atoms with van der Waals surface area (Å²) in [5.41, 5.74) is 7.12. The van der Waals surface area contributed by atoms with E-state index in [9.17, 15) is 0 Å². The molecule has 2 aromatic rings. The highest BCUT2D eigenvalue weighted by Gasteiger charge is 2.30. The topological polar surface area (TPSA) is 64.9 Å². The molecule has 3 atom stereocenters. The molecule has 2 N–H and O–H groups in total. The monoisotopic (exact) mass is 341 g/mol. The summed E-state index contributed by atoms with van der Waals surface area (Å²) in [5.74, 6) is 2.11. The summed E-state index contributed by atoms with van der Waals surface area (Å²) in [4.78, 5) is 4.51. The fourth-order valence-electron chi connectivity index (χ4n) is 2.15. The summed E-state index contributed by atoms with van der Waals surface area (Å²) in [6.07, 6.45) is 0. The number of rotatable bonds is 2. The van der Waals surface area contributed by atoms with Gasteiger partial charge in [-0.05, 0) is 12.1 Å². The molecule has 0 bridgehead atoms. The van der Waals surface area contributed by atoms with E-state index < -0.39 is 0 Å². The van der Waals surface area contributed by atoms with E-state index in [1.54, 1.807) is 18.2 Å². The van der Waals surface area contributed by atoms with Crippen molar-refractivity contribution in [1.29, 1.82) is 0 Å². The predicted octanol–water partition coefficient (Wildman–Crippen LogP) is 4.27. The molecular weight excluding hydrogens is 326 g/mol. The maximum absolute atomic E-state index is 6.18. The Bertz CT molecular complexity index is 629. The van der Waals surface area contributed by atoms with Crippen LogP contribution in [0.1, 0.15) is 24.9 Å². The van der Waals surface area contributed by atoms with Gasteiger partial charge in [0.2, 0.25) is 0 Å². The smallest absolute Gasteiger partial charge is 0.261 e. The minimum atomic E-state index is 0.252. The fourth-order valence-corrected chi connectivity index (χ4v) is 5.25. The van der Waals surface area contributed by atoms with Gasteiger partial charge in [0, 0.05) is 21.9 Å². The van der Waals surface area contributed by atoms with Gasteiger partial charge in [-0.1, -0.05) is 36.7 Å². The zero-order valence-electron chi connectivity index (χ0n) is 11.7. The summed E-state index contributed by atoms with van der Waals surface area (Å²) in [5, 5.41) is 6.12. The maximum Gasteiger partial charge on any atom is 0.261 e. The van der Waals surface area contributed by atoms with Gasteiger partial charge in [-0.25, -0.2) is 0 Å². The van der Waals surface area contributed by atoms with Gasteiger partial charge in [-0.3, -0.25) is 0 Å². The third-order valence-electron chi connectivity index (χ3n) is 3.54. The molecule has 3 rings (SSSR count). The number of nitrogens with two attached hydrogens (primary N) is 1. The van der Waals surface area contributed by atoms with Crippen LogP contribution >= 0.6 is 35.1 Å². The van der Waals surface area contributed by atoms with Crippen LogP contribution in [-0.2, 0) is 0 Å². The van der Waals surface area contributed by atoms with Gasteiger partial charge in [0.05, 0.1) is 15.8 Å². The Labute approximate surface area is 137 Å². The summed E-state index contributed by atoms with van der Waals surface area (Å²) >= 11 is 10.0. The first-order valence-corrected chi connectivity index (χ1v) is 9.08. The van der Waals surface area contributed by atoms with Crippen molar-refractivity contribution in [3.05, 3.63) is 29.0 Å². The van der Waals surface area contributed by atoms with Crippen LogP contribution in [0, 0.1) is 0 Å². The highest BCUT2D eigenvalue weighted by Crippen LogP contribution is 2.44. The summed E-state index contributed by atoms with van der Waals surface area (Å²) in [6.45, 7) is 4.49. The molecule has 1 aromatic carbocycles. The van der Waals surface area contributed by atoms with Crippen molar-refractivity contribution in [3.63, 3.8) is 0 Å². The second-order valence-corrected chi connectivity index (χ2v) is 8.43. The van der Waals surface area contributed by atoms with Gasteiger partial charge < -0.3 is 10.3 Å². The highest BCUT2D eigenvalue weighted by atomic mass is 35.5. The second kappa shape index (κ2) is 6.10. The van der Waals surface area contributed by atoms with Gasteiger partial charge >= 0.3 is 0 Å². The van der Waals surface area contributed by atoms with Crippen LogP contribution < -0.4 is 5.73 Å². The lowest BCUT2D eigenvalue weighted by molar-refractivity contribution is 0.423. The van der Waals surface area contributed by atoms with Gasteiger partial charge in [0.25, 0.3) is 5.89 Å². The van der Waals surface area contributed by atoms with Gasteiger partial charge in [-0.15, -0.1) is 11.8 Å². The zero-order valence-corrected chi connectivity index (χ0v) is 14.1. The Morgan fingerprint density at radius 3 is 2.86 bits per heavy atom. The molecule has 2 heterocycles. The number of thioether (sulfide) groups is 2. The molecule has 7 heteroatoms. The first-order valence-electron chi connectivity index (χ1n) is 6.71. The van der Waals surface area contributed by atoms with Crippen molar-refractivity contribution >= 4 is 40.8 Å². The van der Waals surface area contributed by atoms with Crippen LogP contribution in [0.4, 0.5) is 5.69 Å². The quantitative estimate of drug-likeness (QED) is 0.823. The molecule has 1 saturated heterocycles. The van der Waals surface area contributed by atoms with E-state index in [-0.39, 0.29) is 5.25 Å². The van der Waals surface area contributed by atoms with E-state index in [1.165, 1.54) is 0 Å². The molecule has 0 aliphatic carbocycles. The standard InChI is InChI=1S/C14H16ClN3OS2/c1-7-8(2)21-11(6-20-7)13-17-14(19-18-13)12-9(15)4-3-5-10(12)16/h3-5,7-8,11H,6,16H2,1-2H3. The minimum absolute atomic E-state index is 0.252. The molecule has 0 amide bonds. The van der Waals surface area contributed by atoms with Crippen LogP contribution in [0.3, 0.4) is 0 Å². The van der Waals surface area contributed by atoms with Gasteiger partial charge in [0.15, 0.2) is 5.82 Å². The molecule has 1 fully saturated rings. The second-order valence-electron chi connectivity index (χ2n) is 5.03. The number of nitrogens with zero attached hydrogens (tertiary/aromatic N) is 2. The number of aromatic nitrogens is 2. The average Bonchev–Trinajstić information content (AvgIpc) is 2.91. The van der Waals surface area contributed by atoms with Gasteiger partial charge in [0.1, 0.15) is 0 Å². The third-order valence-corrected chi connectivity index (χ3v) is 7.24. The first-order chi connectivity index (χ1) is 10.1. The SMILES string of the molecule is CC1SCC(c2noc(-c3c(N)cccc3Cl)n2)SC1C. The molecule has 0 spiro atoms. The van der Waals surface area contributed by atoms with Crippen molar-refractivity contribution in [1.82, 2.24) is 10.1 Å². The van der Waals surface area contributed by atoms with Crippen LogP contribution in [0.25, 0.3) is 11.5 Å². The summed E-state index contributed by atoms with van der Waals surface area (Å²) in [6, 6.07) is 5.35. The van der Waals surface area contributed by atoms with Crippen molar-refractivity contribution in [3.8, 4) is 11.5 Å². The average molecular weight is 342 g/mol. The Morgan fingerprint density at radius 1 is 1.33 bits per heavy atom. The number of hydrogen-bond acceptors (Lipinski definition) is 6. The lowest BCUT2D eigenvalue weighted by Gasteiger charge is -2.29. The molecule has 0 radical (unpaired) electrons. The normalized spacial score (nSPS) is 26.0. The van der Waals surface area contributed by atoms with E-state index in [0.717, 1.165) is 11.6 Å². The molecule has 4 nitrogen and oxygen atoms in total. The van der Waals surface area contributed by atoms with Crippen LogP contribution in [0.15, 0.2) is 22.7 Å². The number of anilines is 1. The molecular formula is C14H16ClN3OS2. The minimum Gasteiger partial charge on any atom is -0.398 e. The van der Waals surface area contributed by atoms with Gasteiger partial charge in [-0.2, -0.15) is 16.7 Å². The molecule has 1 aromatic heterocycles. The Kier molecular flexibility index (Phi) is 4.38. The lowest BCUT2D eigenvalue weighted by atomic mass is 10.2. The Morgan fingerprint density at radius 2 is 2.14 bits per heavy atom. The highest BCUT2D eigenvalue weighted by molar-refractivity contribution is 8.07. The van der Waals surface area contributed by atoms with Crippen molar-refractivity contribution in [2.75, 3.05) is 11.5 Å². The Balaban J connectivity index is 1.87. The molecule has 21 heavy (non-hydrogen) atoms. The largest absolute Gasteiger partial charge is 0.398 e. The lowest BCUT2D eigenvalue weighted by Crippen LogP contribution is -2.22. The molecule has 112 valence electrons. The van der Waals surface area contributed by atoms with E-state index in [1.807, 2.05) is 23.5 Å². The Hall–Kier alpha value is -0.850. The van der Waals surface area contributed by atoms with Crippen LogP contribution in [0.5, 0.6) is 0 Å². The van der Waals surface area contributed by atoms with E-state index in [2.05, 4.69) is 24.0 Å². The summed E-state index contributed by atoms with van der Waals surface area (Å²) < 4.78 is 5.38. The number of halogens is 1. The number of benzene rings is 1. The van der Waals surface area contributed by atoms with Crippen molar-refractivity contribution < 1.29 is 4.52 Å². The molecule has 0 saturated carbocycles. The summed E-state index contributed by atoms with van der Waals surface area (Å²) in [7, 11) is 0. The molecule has 1 aliphatic heterocycles. The number of nitrogen functional groups attached to an aromatic ring is 1. The molecule has 3 unspecified atom stereocenters. The van der Waals surface area contributed by atoms with E-state index >= 15 is 0 Å². The van der Waals surface area contributed by atoms with Crippen molar-refractivity contribution in [2.45, 2.75) is 29.6 Å². The molecule has 1 aliphatic rings. The fraction of sp³-hybridized carbons (Fsp3) is 0.429. The first kappa shape index (κ1) is 15.1.